The lowest BCUT2D eigenvalue weighted by atomic mass is 10.2. The van der Waals surface area contributed by atoms with Gasteiger partial charge in [0.2, 0.25) is 5.91 Å². The Morgan fingerprint density at radius 3 is 2.50 bits per heavy atom. The molecule has 0 saturated carbocycles. The van der Waals surface area contributed by atoms with Gasteiger partial charge < -0.3 is 5.73 Å². The summed E-state index contributed by atoms with van der Waals surface area (Å²) in [4.78, 5) is 10.5. The molecule has 0 atom stereocenters. The van der Waals surface area contributed by atoms with Crippen LogP contribution >= 0.6 is 0 Å². The molecule has 0 heterocycles. The van der Waals surface area contributed by atoms with E-state index in [9.17, 15) is 4.79 Å². The molecule has 0 aliphatic carbocycles. The van der Waals surface area contributed by atoms with Crippen molar-refractivity contribution in [2.24, 2.45) is 5.73 Å². The zero-order valence-electron chi connectivity index (χ0n) is 8.57. The minimum Gasteiger partial charge on any atom is -0.366 e. The first kappa shape index (κ1) is 12.4. The standard InChI is InChI=1S/C12H17NO/c1-3-4-5-6-7-8-9-10-11(2)12(13)14/h3-4,7-10H,2,5-6H2,1H3,(H2,13,14). The van der Waals surface area contributed by atoms with E-state index in [0.29, 0.717) is 5.57 Å². The summed E-state index contributed by atoms with van der Waals surface area (Å²) in [6.45, 7) is 5.50. The summed E-state index contributed by atoms with van der Waals surface area (Å²) in [6, 6.07) is 0. The van der Waals surface area contributed by atoms with Crippen molar-refractivity contribution in [3.63, 3.8) is 0 Å². The topological polar surface area (TPSA) is 43.1 Å². The zero-order valence-corrected chi connectivity index (χ0v) is 8.57. The molecular weight excluding hydrogens is 174 g/mol. The molecule has 0 unspecified atom stereocenters. The third-order valence-electron chi connectivity index (χ3n) is 1.60. The van der Waals surface area contributed by atoms with Crippen LogP contribution in [0.25, 0.3) is 0 Å². The molecule has 2 nitrogen and oxygen atoms in total. The van der Waals surface area contributed by atoms with E-state index >= 15 is 0 Å². The molecule has 0 aromatic carbocycles. The van der Waals surface area contributed by atoms with Crippen LogP contribution in [0.1, 0.15) is 19.8 Å². The van der Waals surface area contributed by atoms with E-state index < -0.39 is 5.91 Å². The zero-order chi connectivity index (χ0) is 10.8. The van der Waals surface area contributed by atoms with Crippen molar-refractivity contribution in [3.05, 3.63) is 48.6 Å². The molecule has 1 amide bonds. The van der Waals surface area contributed by atoms with Gasteiger partial charge in [-0.1, -0.05) is 43.0 Å². The van der Waals surface area contributed by atoms with E-state index in [2.05, 4.69) is 12.7 Å². The first-order valence-corrected chi connectivity index (χ1v) is 4.61. The summed E-state index contributed by atoms with van der Waals surface area (Å²) < 4.78 is 0. The number of allylic oxidation sites excluding steroid dienone is 5. The summed E-state index contributed by atoms with van der Waals surface area (Å²) in [5.41, 5.74) is 5.32. The molecule has 0 aliphatic rings. The smallest absolute Gasteiger partial charge is 0.248 e. The number of carbonyl (C=O) groups is 1. The van der Waals surface area contributed by atoms with Gasteiger partial charge in [-0.2, -0.15) is 0 Å². The molecular formula is C12H17NO. The Hall–Kier alpha value is -1.57. The Morgan fingerprint density at radius 1 is 1.29 bits per heavy atom. The van der Waals surface area contributed by atoms with Crippen molar-refractivity contribution in [2.45, 2.75) is 19.8 Å². The predicted molar refractivity (Wildman–Crippen MR) is 60.7 cm³/mol. The van der Waals surface area contributed by atoms with Gasteiger partial charge in [0.05, 0.1) is 0 Å². The normalized spacial score (nSPS) is 11.8. The molecule has 0 fully saturated rings. The molecule has 76 valence electrons. The Labute approximate surface area is 85.5 Å². The van der Waals surface area contributed by atoms with Gasteiger partial charge in [-0.3, -0.25) is 4.79 Å². The quantitative estimate of drug-likeness (QED) is 0.298. The molecule has 0 aromatic heterocycles. The molecule has 2 heteroatoms. The second-order valence-electron chi connectivity index (χ2n) is 2.82. The molecule has 0 aromatic rings. The van der Waals surface area contributed by atoms with E-state index in [1.165, 1.54) is 0 Å². The Kier molecular flexibility index (Phi) is 7.15. The van der Waals surface area contributed by atoms with Crippen LogP contribution in [0.5, 0.6) is 0 Å². The summed E-state index contributed by atoms with van der Waals surface area (Å²) >= 11 is 0. The predicted octanol–water partition coefficient (Wildman–Crippen LogP) is 2.50. The van der Waals surface area contributed by atoms with E-state index in [-0.39, 0.29) is 0 Å². The van der Waals surface area contributed by atoms with E-state index in [0.717, 1.165) is 12.8 Å². The molecule has 0 saturated heterocycles. The minimum absolute atomic E-state index is 0.322. The van der Waals surface area contributed by atoms with Crippen molar-refractivity contribution in [1.29, 1.82) is 0 Å². The second-order valence-corrected chi connectivity index (χ2v) is 2.82. The van der Waals surface area contributed by atoms with Crippen LogP contribution < -0.4 is 5.73 Å². The highest BCUT2D eigenvalue weighted by Crippen LogP contribution is 1.95. The number of primary amides is 1. The number of unbranched alkanes of at least 4 members (excludes halogenated alkanes) is 1. The second kappa shape index (κ2) is 8.05. The minimum atomic E-state index is -0.483. The van der Waals surface area contributed by atoms with Gasteiger partial charge in [-0.25, -0.2) is 0 Å². The largest absolute Gasteiger partial charge is 0.366 e. The van der Waals surface area contributed by atoms with Crippen molar-refractivity contribution < 1.29 is 4.79 Å². The van der Waals surface area contributed by atoms with Crippen LogP contribution in [0.3, 0.4) is 0 Å². The van der Waals surface area contributed by atoms with Crippen LogP contribution in [0, 0.1) is 0 Å². The van der Waals surface area contributed by atoms with E-state index in [1.54, 1.807) is 12.2 Å². The van der Waals surface area contributed by atoms with Crippen LogP contribution in [0.4, 0.5) is 0 Å². The fourth-order valence-electron chi connectivity index (χ4n) is 0.788. The highest BCUT2D eigenvalue weighted by atomic mass is 16.1. The highest BCUT2D eigenvalue weighted by molar-refractivity contribution is 5.94. The first-order valence-electron chi connectivity index (χ1n) is 4.61. The van der Waals surface area contributed by atoms with E-state index in [1.807, 2.05) is 25.2 Å². The number of amides is 1. The van der Waals surface area contributed by atoms with Crippen LogP contribution in [0.2, 0.25) is 0 Å². The van der Waals surface area contributed by atoms with Gasteiger partial charge in [-0.05, 0) is 19.8 Å². The SMILES string of the molecule is C=C(C=CC=CCCC=CC)C(N)=O. The average Bonchev–Trinajstić information content (AvgIpc) is 2.16. The number of carbonyl (C=O) groups excluding carboxylic acids is 1. The summed E-state index contributed by atoms with van der Waals surface area (Å²) in [5, 5.41) is 0. The van der Waals surface area contributed by atoms with Crippen LogP contribution in [-0.2, 0) is 4.79 Å². The molecule has 0 radical (unpaired) electrons. The number of nitrogens with two attached hydrogens (primary N) is 1. The van der Waals surface area contributed by atoms with Gasteiger partial charge in [0.15, 0.2) is 0 Å². The van der Waals surface area contributed by atoms with Crippen molar-refractivity contribution in [2.75, 3.05) is 0 Å². The number of rotatable bonds is 6. The summed E-state index contributed by atoms with van der Waals surface area (Å²) in [6.07, 6.45) is 13.5. The summed E-state index contributed by atoms with van der Waals surface area (Å²) in [5.74, 6) is -0.483. The average molecular weight is 191 g/mol. The third kappa shape index (κ3) is 7.10. The number of hydrogen-bond acceptors (Lipinski definition) is 1. The third-order valence-corrected chi connectivity index (χ3v) is 1.60. The van der Waals surface area contributed by atoms with Gasteiger partial charge in [0, 0.05) is 5.57 Å². The molecule has 0 spiro atoms. The maximum absolute atomic E-state index is 10.5. The molecule has 2 N–H and O–H groups in total. The van der Waals surface area contributed by atoms with E-state index in [4.69, 9.17) is 5.73 Å². The Balaban J connectivity index is 3.71. The van der Waals surface area contributed by atoms with Gasteiger partial charge >= 0.3 is 0 Å². The summed E-state index contributed by atoms with van der Waals surface area (Å²) in [7, 11) is 0. The van der Waals surface area contributed by atoms with Crippen molar-refractivity contribution >= 4 is 5.91 Å². The number of hydrogen-bond donors (Lipinski definition) is 1. The van der Waals surface area contributed by atoms with Crippen LogP contribution in [-0.4, -0.2) is 5.91 Å². The van der Waals surface area contributed by atoms with Crippen molar-refractivity contribution in [3.8, 4) is 0 Å². The van der Waals surface area contributed by atoms with Crippen LogP contribution in [0.15, 0.2) is 48.6 Å². The van der Waals surface area contributed by atoms with Crippen molar-refractivity contribution in [1.82, 2.24) is 0 Å². The maximum atomic E-state index is 10.5. The Morgan fingerprint density at radius 2 is 1.93 bits per heavy atom. The lowest BCUT2D eigenvalue weighted by molar-refractivity contribution is -0.114. The van der Waals surface area contributed by atoms with Gasteiger partial charge in [0.1, 0.15) is 0 Å². The van der Waals surface area contributed by atoms with Gasteiger partial charge in [0.25, 0.3) is 0 Å². The molecule has 14 heavy (non-hydrogen) atoms. The lowest BCUT2D eigenvalue weighted by Crippen LogP contribution is -2.11. The molecule has 0 aliphatic heterocycles. The fourth-order valence-corrected chi connectivity index (χ4v) is 0.788. The van der Waals surface area contributed by atoms with Gasteiger partial charge in [-0.15, -0.1) is 0 Å². The maximum Gasteiger partial charge on any atom is 0.248 e. The first-order chi connectivity index (χ1) is 6.68. The lowest BCUT2D eigenvalue weighted by Gasteiger charge is -1.88. The molecule has 0 bridgehead atoms. The fraction of sp³-hybridized carbons (Fsp3) is 0.250. The highest BCUT2D eigenvalue weighted by Gasteiger charge is 1.92. The monoisotopic (exact) mass is 191 g/mol. The Bertz CT molecular complexity index is 272. The molecule has 0 rings (SSSR count).